The molecule has 7 heteroatoms. The summed E-state index contributed by atoms with van der Waals surface area (Å²) in [5.41, 5.74) is 2.10. The fourth-order valence-corrected chi connectivity index (χ4v) is 3.08. The number of rotatable bonds is 4. The van der Waals surface area contributed by atoms with Crippen molar-refractivity contribution in [2.75, 3.05) is 12.4 Å². The minimum absolute atomic E-state index is 0.340. The summed E-state index contributed by atoms with van der Waals surface area (Å²) in [6.45, 7) is 1.68. The largest absolute Gasteiger partial charge is 0.497 e. The van der Waals surface area contributed by atoms with Gasteiger partial charge < -0.3 is 20.7 Å². The van der Waals surface area contributed by atoms with E-state index < -0.39 is 6.04 Å². The van der Waals surface area contributed by atoms with E-state index in [2.05, 4.69) is 16.0 Å². The van der Waals surface area contributed by atoms with Crippen molar-refractivity contribution in [1.82, 2.24) is 10.6 Å². The number of amides is 3. The van der Waals surface area contributed by atoms with Gasteiger partial charge in [-0.1, -0.05) is 35.9 Å². The molecule has 1 aliphatic rings. The number of benzene rings is 2. The number of carbonyl (C=O) groups excluding carboxylic acids is 2. The molecule has 2 aromatic rings. The van der Waals surface area contributed by atoms with Gasteiger partial charge in [0.15, 0.2) is 0 Å². The molecule has 134 valence electrons. The van der Waals surface area contributed by atoms with Gasteiger partial charge in [-0.25, -0.2) is 4.79 Å². The SMILES string of the molecule is COc1cccc(NC(=O)C2=C(C)NC(=O)N[C@@H]2c2ccccc2Cl)c1. The first kappa shape index (κ1) is 17.8. The molecule has 1 heterocycles. The Labute approximate surface area is 156 Å². The number of hydrogen-bond donors (Lipinski definition) is 3. The van der Waals surface area contributed by atoms with Crippen LogP contribution in [0.15, 0.2) is 59.8 Å². The van der Waals surface area contributed by atoms with Crippen LogP contribution >= 0.6 is 11.6 Å². The van der Waals surface area contributed by atoms with E-state index in [1.54, 1.807) is 56.5 Å². The highest BCUT2D eigenvalue weighted by molar-refractivity contribution is 6.31. The molecule has 0 aliphatic carbocycles. The molecule has 2 aromatic carbocycles. The van der Waals surface area contributed by atoms with Gasteiger partial charge in [-0.3, -0.25) is 4.79 Å². The Morgan fingerprint density at radius 2 is 1.96 bits per heavy atom. The second kappa shape index (κ2) is 7.49. The maximum Gasteiger partial charge on any atom is 0.319 e. The third-order valence-corrected chi connectivity index (χ3v) is 4.40. The lowest BCUT2D eigenvalue weighted by molar-refractivity contribution is -0.113. The molecule has 0 unspecified atom stereocenters. The van der Waals surface area contributed by atoms with E-state index in [1.807, 2.05) is 6.07 Å². The van der Waals surface area contributed by atoms with E-state index in [4.69, 9.17) is 16.3 Å². The second-order valence-corrected chi connectivity index (χ2v) is 6.18. The number of ether oxygens (including phenoxy) is 1. The van der Waals surface area contributed by atoms with Crippen LogP contribution in [0.2, 0.25) is 5.02 Å². The van der Waals surface area contributed by atoms with E-state index in [9.17, 15) is 9.59 Å². The van der Waals surface area contributed by atoms with Crippen molar-refractivity contribution in [3.63, 3.8) is 0 Å². The first-order chi connectivity index (χ1) is 12.5. The van der Waals surface area contributed by atoms with Crippen LogP contribution < -0.4 is 20.7 Å². The van der Waals surface area contributed by atoms with Crippen LogP contribution in [0.1, 0.15) is 18.5 Å². The summed E-state index contributed by atoms with van der Waals surface area (Å²) in [4.78, 5) is 24.9. The Morgan fingerprint density at radius 3 is 2.69 bits per heavy atom. The zero-order chi connectivity index (χ0) is 18.7. The van der Waals surface area contributed by atoms with Crippen molar-refractivity contribution in [3.05, 3.63) is 70.4 Å². The minimum atomic E-state index is -0.650. The Hall–Kier alpha value is -2.99. The Morgan fingerprint density at radius 1 is 1.19 bits per heavy atom. The van der Waals surface area contributed by atoms with Gasteiger partial charge in [0.25, 0.3) is 5.91 Å². The highest BCUT2D eigenvalue weighted by Gasteiger charge is 2.32. The molecule has 3 amide bonds. The average Bonchev–Trinajstić information content (AvgIpc) is 2.61. The molecule has 0 bridgehead atoms. The van der Waals surface area contributed by atoms with Crippen molar-refractivity contribution in [2.24, 2.45) is 0 Å². The van der Waals surface area contributed by atoms with Crippen LogP contribution in [0.3, 0.4) is 0 Å². The summed E-state index contributed by atoms with van der Waals surface area (Å²) in [5, 5.41) is 8.72. The molecule has 0 spiro atoms. The van der Waals surface area contributed by atoms with Gasteiger partial charge in [-0.15, -0.1) is 0 Å². The standard InChI is InChI=1S/C19H18ClN3O3/c1-11-16(18(24)22-12-6-5-7-13(10-12)26-2)17(23-19(25)21-11)14-8-3-4-9-15(14)20/h3-10,17H,1-2H3,(H,22,24)(H2,21,23,25)/t17-/m1/s1. The summed E-state index contributed by atoms with van der Waals surface area (Å²) in [5.74, 6) is 0.291. The molecule has 1 aliphatic heterocycles. The predicted octanol–water partition coefficient (Wildman–Crippen LogP) is 3.62. The van der Waals surface area contributed by atoms with Crippen molar-refractivity contribution < 1.29 is 14.3 Å². The summed E-state index contributed by atoms with van der Waals surface area (Å²) < 4.78 is 5.17. The van der Waals surface area contributed by atoms with Crippen LogP contribution in [0.4, 0.5) is 10.5 Å². The van der Waals surface area contributed by atoms with Crippen molar-refractivity contribution >= 4 is 29.2 Å². The highest BCUT2D eigenvalue weighted by atomic mass is 35.5. The molecule has 6 nitrogen and oxygen atoms in total. The summed E-state index contributed by atoms with van der Waals surface area (Å²) >= 11 is 6.28. The van der Waals surface area contributed by atoms with Crippen LogP contribution in [-0.2, 0) is 4.79 Å². The number of allylic oxidation sites excluding steroid dienone is 1. The lowest BCUT2D eigenvalue weighted by Gasteiger charge is -2.29. The fourth-order valence-electron chi connectivity index (χ4n) is 2.84. The lowest BCUT2D eigenvalue weighted by atomic mass is 9.94. The van der Waals surface area contributed by atoms with Crippen LogP contribution in [0, 0.1) is 0 Å². The number of nitrogens with one attached hydrogen (secondary N) is 3. The van der Waals surface area contributed by atoms with Gasteiger partial charge in [0, 0.05) is 22.5 Å². The molecule has 3 N–H and O–H groups in total. The maximum atomic E-state index is 12.9. The molecule has 0 saturated carbocycles. The van der Waals surface area contributed by atoms with E-state index in [0.717, 1.165) is 0 Å². The topological polar surface area (TPSA) is 79.5 Å². The summed E-state index contributed by atoms with van der Waals surface area (Å²) in [6, 6.07) is 13.1. The monoisotopic (exact) mass is 371 g/mol. The van der Waals surface area contributed by atoms with Crippen LogP contribution in [-0.4, -0.2) is 19.0 Å². The minimum Gasteiger partial charge on any atom is -0.497 e. The van der Waals surface area contributed by atoms with Gasteiger partial charge >= 0.3 is 6.03 Å². The highest BCUT2D eigenvalue weighted by Crippen LogP contribution is 2.32. The van der Waals surface area contributed by atoms with E-state index >= 15 is 0 Å². The number of urea groups is 1. The van der Waals surface area contributed by atoms with Crippen LogP contribution in [0.5, 0.6) is 5.75 Å². The van der Waals surface area contributed by atoms with Gasteiger partial charge in [-0.2, -0.15) is 0 Å². The number of carbonyl (C=O) groups is 2. The molecule has 0 saturated heterocycles. The lowest BCUT2D eigenvalue weighted by Crippen LogP contribution is -2.46. The van der Waals surface area contributed by atoms with E-state index in [1.165, 1.54) is 0 Å². The normalized spacial score (nSPS) is 16.6. The first-order valence-electron chi connectivity index (χ1n) is 7.97. The quantitative estimate of drug-likeness (QED) is 0.768. The summed E-state index contributed by atoms with van der Waals surface area (Å²) in [6.07, 6.45) is 0. The van der Waals surface area contributed by atoms with Gasteiger partial charge in [-0.05, 0) is 30.7 Å². The zero-order valence-electron chi connectivity index (χ0n) is 14.3. The van der Waals surface area contributed by atoms with E-state index in [0.29, 0.717) is 33.3 Å². The first-order valence-corrected chi connectivity index (χ1v) is 8.35. The molecule has 0 aromatic heterocycles. The third kappa shape index (κ3) is 3.65. The van der Waals surface area contributed by atoms with Gasteiger partial charge in [0.05, 0.1) is 18.7 Å². The number of methoxy groups -OCH3 is 1. The number of anilines is 1. The number of halogens is 1. The van der Waals surface area contributed by atoms with Gasteiger partial charge in [0.1, 0.15) is 5.75 Å². The molecule has 26 heavy (non-hydrogen) atoms. The zero-order valence-corrected chi connectivity index (χ0v) is 15.1. The molecule has 3 rings (SSSR count). The molecule has 0 radical (unpaired) electrons. The second-order valence-electron chi connectivity index (χ2n) is 5.78. The molecule has 0 fully saturated rings. The predicted molar refractivity (Wildman–Crippen MR) is 100 cm³/mol. The molecule has 1 atom stereocenters. The fraction of sp³-hybridized carbons (Fsp3) is 0.158. The smallest absolute Gasteiger partial charge is 0.319 e. The number of hydrogen-bond acceptors (Lipinski definition) is 3. The third-order valence-electron chi connectivity index (χ3n) is 4.06. The summed E-state index contributed by atoms with van der Waals surface area (Å²) in [7, 11) is 1.56. The van der Waals surface area contributed by atoms with E-state index in [-0.39, 0.29) is 11.9 Å². The van der Waals surface area contributed by atoms with Crippen LogP contribution in [0.25, 0.3) is 0 Å². The molecular formula is C19H18ClN3O3. The average molecular weight is 372 g/mol. The Bertz CT molecular complexity index is 895. The Balaban J connectivity index is 1.95. The van der Waals surface area contributed by atoms with Crippen molar-refractivity contribution in [3.8, 4) is 5.75 Å². The van der Waals surface area contributed by atoms with Gasteiger partial charge in [0.2, 0.25) is 0 Å². The van der Waals surface area contributed by atoms with Crippen molar-refractivity contribution in [2.45, 2.75) is 13.0 Å². The maximum absolute atomic E-state index is 12.9. The molecular weight excluding hydrogens is 354 g/mol. The van der Waals surface area contributed by atoms with Crippen molar-refractivity contribution in [1.29, 1.82) is 0 Å². The Kier molecular flexibility index (Phi) is 5.14.